The van der Waals surface area contributed by atoms with Gasteiger partial charge in [-0.15, -0.1) is 0 Å². The molecule has 0 saturated heterocycles. The summed E-state index contributed by atoms with van der Waals surface area (Å²) in [5.41, 5.74) is 0.892. The minimum absolute atomic E-state index is 0.225. The molecular weight excluding hydrogens is 264 g/mol. The van der Waals surface area contributed by atoms with Crippen LogP contribution in [0.25, 0.3) is 0 Å². The molecule has 1 aliphatic carbocycles. The highest BCUT2D eigenvalue weighted by atomic mass is 16.5. The predicted molar refractivity (Wildman–Crippen MR) is 83.5 cm³/mol. The van der Waals surface area contributed by atoms with Gasteiger partial charge in [-0.2, -0.15) is 0 Å². The molecule has 0 radical (unpaired) electrons. The number of allylic oxidation sites excluding steroid dienone is 1. The Bertz CT molecular complexity index is 467. The summed E-state index contributed by atoms with van der Waals surface area (Å²) < 4.78 is 4.73. The summed E-state index contributed by atoms with van der Waals surface area (Å²) in [6.07, 6.45) is 4.91. The number of ketones is 1. The lowest BCUT2D eigenvalue weighted by molar-refractivity contribution is -0.136. The third kappa shape index (κ3) is 5.38. The summed E-state index contributed by atoms with van der Waals surface area (Å²) in [4.78, 5) is 23.4. The van der Waals surface area contributed by atoms with Gasteiger partial charge in [0.15, 0.2) is 0 Å². The van der Waals surface area contributed by atoms with Gasteiger partial charge in [0, 0.05) is 24.2 Å². The molecule has 0 N–H and O–H groups in total. The second-order valence-electron chi connectivity index (χ2n) is 6.15. The van der Waals surface area contributed by atoms with Crippen molar-refractivity contribution in [3.05, 3.63) is 12.2 Å². The Labute approximate surface area is 128 Å². The molecule has 2 atom stereocenters. The van der Waals surface area contributed by atoms with Crippen molar-refractivity contribution in [2.45, 2.75) is 59.3 Å². The summed E-state index contributed by atoms with van der Waals surface area (Å²) in [5.74, 6) is 5.51. The molecule has 116 valence electrons. The van der Waals surface area contributed by atoms with Crippen LogP contribution in [0.4, 0.5) is 0 Å². The number of esters is 1. The second-order valence-corrected chi connectivity index (χ2v) is 6.15. The lowest BCUT2D eigenvalue weighted by Crippen LogP contribution is -2.34. The molecule has 0 heterocycles. The van der Waals surface area contributed by atoms with Crippen molar-refractivity contribution in [3.8, 4) is 11.8 Å². The van der Waals surface area contributed by atoms with Crippen LogP contribution in [0, 0.1) is 23.2 Å². The predicted octanol–water partition coefficient (Wildman–Crippen LogP) is 3.67. The van der Waals surface area contributed by atoms with Gasteiger partial charge in [0.05, 0.1) is 6.61 Å². The Kier molecular flexibility index (Phi) is 6.68. The molecule has 3 heteroatoms. The van der Waals surface area contributed by atoms with Crippen LogP contribution in [0.1, 0.15) is 59.3 Å². The summed E-state index contributed by atoms with van der Waals surface area (Å²) in [6, 6.07) is 0. The van der Waals surface area contributed by atoms with Crippen LogP contribution < -0.4 is 0 Å². The summed E-state index contributed by atoms with van der Waals surface area (Å²) >= 11 is 0. The number of hydrogen-bond donors (Lipinski definition) is 0. The quantitative estimate of drug-likeness (QED) is 0.255. The highest BCUT2D eigenvalue weighted by molar-refractivity contribution is 5.88. The SMILES string of the molecule is C=C(C)[C@@H]1CC[C@@](C)(CCCC#CC(=O)OCC)C(=O)C1. The van der Waals surface area contributed by atoms with Crippen LogP contribution in [0.2, 0.25) is 0 Å². The van der Waals surface area contributed by atoms with E-state index in [-0.39, 0.29) is 5.41 Å². The van der Waals surface area contributed by atoms with E-state index in [0.717, 1.165) is 31.3 Å². The number of unbranched alkanes of at least 4 members (excludes halogenated alkanes) is 1. The van der Waals surface area contributed by atoms with E-state index in [9.17, 15) is 9.59 Å². The highest BCUT2D eigenvalue weighted by Gasteiger charge is 2.38. The van der Waals surface area contributed by atoms with Crippen LogP contribution in [-0.4, -0.2) is 18.4 Å². The molecule has 0 spiro atoms. The number of hydrogen-bond acceptors (Lipinski definition) is 3. The fourth-order valence-electron chi connectivity index (χ4n) is 2.76. The molecule has 1 fully saturated rings. The number of rotatable bonds is 5. The zero-order valence-corrected chi connectivity index (χ0v) is 13.5. The first kappa shape index (κ1) is 17.5. The van der Waals surface area contributed by atoms with Crippen LogP contribution in [-0.2, 0) is 14.3 Å². The Morgan fingerprint density at radius 3 is 2.81 bits per heavy atom. The van der Waals surface area contributed by atoms with Crippen molar-refractivity contribution in [3.63, 3.8) is 0 Å². The van der Waals surface area contributed by atoms with E-state index in [0.29, 0.717) is 31.1 Å². The fraction of sp³-hybridized carbons (Fsp3) is 0.667. The van der Waals surface area contributed by atoms with Crippen LogP contribution in [0.5, 0.6) is 0 Å². The van der Waals surface area contributed by atoms with Gasteiger partial charge in [-0.25, -0.2) is 4.79 Å². The summed E-state index contributed by atoms with van der Waals surface area (Å²) in [6.45, 7) is 10.1. The van der Waals surface area contributed by atoms with Gasteiger partial charge < -0.3 is 4.74 Å². The first-order valence-electron chi connectivity index (χ1n) is 7.73. The van der Waals surface area contributed by atoms with Gasteiger partial charge in [0.25, 0.3) is 0 Å². The molecule has 0 unspecified atom stereocenters. The topological polar surface area (TPSA) is 43.4 Å². The van der Waals surface area contributed by atoms with E-state index < -0.39 is 5.97 Å². The fourth-order valence-corrected chi connectivity index (χ4v) is 2.76. The molecule has 0 aromatic carbocycles. The van der Waals surface area contributed by atoms with Gasteiger partial charge >= 0.3 is 5.97 Å². The largest absolute Gasteiger partial charge is 0.456 e. The van der Waals surface area contributed by atoms with E-state index in [1.165, 1.54) is 0 Å². The number of carbonyl (C=O) groups is 2. The maximum Gasteiger partial charge on any atom is 0.384 e. The van der Waals surface area contributed by atoms with Crippen molar-refractivity contribution < 1.29 is 14.3 Å². The highest BCUT2D eigenvalue weighted by Crippen LogP contribution is 2.41. The van der Waals surface area contributed by atoms with Crippen molar-refractivity contribution in [1.82, 2.24) is 0 Å². The maximum atomic E-state index is 12.3. The number of Topliss-reactive ketones (excluding diaryl/α,β-unsaturated/α-hetero) is 1. The average Bonchev–Trinajstić information content (AvgIpc) is 2.42. The van der Waals surface area contributed by atoms with Crippen LogP contribution >= 0.6 is 0 Å². The van der Waals surface area contributed by atoms with Crippen molar-refractivity contribution in [2.75, 3.05) is 6.61 Å². The van der Waals surface area contributed by atoms with Crippen LogP contribution in [0.15, 0.2) is 12.2 Å². The zero-order valence-electron chi connectivity index (χ0n) is 13.5. The molecule has 0 aromatic rings. The molecule has 1 aliphatic rings. The molecule has 0 aliphatic heterocycles. The monoisotopic (exact) mass is 290 g/mol. The van der Waals surface area contributed by atoms with Gasteiger partial charge in [-0.05, 0) is 45.4 Å². The summed E-state index contributed by atoms with van der Waals surface area (Å²) in [7, 11) is 0. The third-order valence-corrected chi connectivity index (χ3v) is 4.34. The van der Waals surface area contributed by atoms with Crippen LogP contribution in [0.3, 0.4) is 0 Å². The van der Waals surface area contributed by atoms with Gasteiger partial charge in [-0.3, -0.25) is 4.79 Å². The number of ether oxygens (including phenoxy) is 1. The van der Waals surface area contributed by atoms with E-state index in [2.05, 4.69) is 25.3 Å². The first-order chi connectivity index (χ1) is 9.89. The normalized spacial score (nSPS) is 24.9. The zero-order chi connectivity index (χ0) is 15.9. The van der Waals surface area contributed by atoms with Crippen molar-refractivity contribution >= 4 is 11.8 Å². The Morgan fingerprint density at radius 2 is 2.24 bits per heavy atom. The molecule has 0 amide bonds. The molecular formula is C18H26O3. The van der Waals surface area contributed by atoms with Gasteiger partial charge in [-0.1, -0.05) is 25.0 Å². The average molecular weight is 290 g/mol. The Morgan fingerprint density at radius 1 is 1.52 bits per heavy atom. The molecule has 1 rings (SSSR count). The van der Waals surface area contributed by atoms with E-state index in [4.69, 9.17) is 4.74 Å². The molecule has 1 saturated carbocycles. The molecule has 21 heavy (non-hydrogen) atoms. The maximum absolute atomic E-state index is 12.3. The first-order valence-corrected chi connectivity index (χ1v) is 7.73. The Hall–Kier alpha value is -1.56. The number of carbonyl (C=O) groups excluding carboxylic acids is 2. The van der Waals surface area contributed by atoms with Crippen molar-refractivity contribution in [1.29, 1.82) is 0 Å². The standard InChI is InChI=1S/C18H26O3/c1-5-21-17(20)9-7-6-8-11-18(4)12-10-15(14(2)3)13-16(18)19/h15H,2,5-6,8,10-13H2,1,3-4H3/t15-,18-/m1/s1. The second kappa shape index (κ2) is 8.02. The minimum Gasteiger partial charge on any atom is -0.456 e. The Balaban J connectivity index is 2.39. The van der Waals surface area contributed by atoms with E-state index in [1.54, 1.807) is 6.92 Å². The smallest absolute Gasteiger partial charge is 0.384 e. The van der Waals surface area contributed by atoms with Crippen molar-refractivity contribution in [2.24, 2.45) is 11.3 Å². The van der Waals surface area contributed by atoms with E-state index in [1.807, 2.05) is 6.92 Å². The van der Waals surface area contributed by atoms with E-state index >= 15 is 0 Å². The van der Waals surface area contributed by atoms with Gasteiger partial charge in [0.1, 0.15) is 5.78 Å². The lowest BCUT2D eigenvalue weighted by atomic mass is 9.67. The molecule has 0 aromatic heterocycles. The van der Waals surface area contributed by atoms with Gasteiger partial charge in [0.2, 0.25) is 0 Å². The lowest BCUT2D eigenvalue weighted by Gasteiger charge is -2.36. The third-order valence-electron chi connectivity index (χ3n) is 4.34. The molecule has 3 nitrogen and oxygen atoms in total. The molecule has 0 bridgehead atoms. The summed E-state index contributed by atoms with van der Waals surface area (Å²) in [5, 5.41) is 0. The minimum atomic E-state index is -0.471.